The first kappa shape index (κ1) is 9.98. The molecule has 1 aromatic heterocycles. The van der Waals surface area contributed by atoms with Crippen molar-refractivity contribution >= 4 is 17.6 Å². The lowest BCUT2D eigenvalue weighted by Gasteiger charge is -1.96. The average molecular weight is 221 g/mol. The number of carbonyl (C=O) groups excluding carboxylic acids is 1. The zero-order valence-electron chi connectivity index (χ0n) is 7.81. The molecule has 0 aliphatic heterocycles. The molecule has 1 aromatic carbocycles. The molecule has 2 aromatic rings. The van der Waals surface area contributed by atoms with Crippen molar-refractivity contribution in [2.45, 2.75) is 6.42 Å². The van der Waals surface area contributed by atoms with Gasteiger partial charge in [-0.1, -0.05) is 12.1 Å². The summed E-state index contributed by atoms with van der Waals surface area (Å²) in [5.41, 5.74) is 0.989. The van der Waals surface area contributed by atoms with E-state index in [1.807, 2.05) is 0 Å². The van der Waals surface area contributed by atoms with Crippen molar-refractivity contribution < 1.29 is 9.18 Å². The number of hydrogen-bond donors (Lipinski definition) is 0. The van der Waals surface area contributed by atoms with Crippen molar-refractivity contribution in [3.8, 4) is 0 Å². The summed E-state index contributed by atoms with van der Waals surface area (Å²) in [5, 5.41) is 0.865. The van der Waals surface area contributed by atoms with Crippen LogP contribution >= 0.6 is 11.3 Å². The van der Waals surface area contributed by atoms with Crippen molar-refractivity contribution in [2.75, 3.05) is 0 Å². The number of nitrogens with zero attached hydrogens (tertiary/aromatic N) is 1. The number of aldehydes is 1. The van der Waals surface area contributed by atoms with E-state index in [4.69, 9.17) is 0 Å². The van der Waals surface area contributed by atoms with Crippen LogP contribution in [0.3, 0.4) is 0 Å². The smallest absolute Gasteiger partial charge is 0.161 e. The van der Waals surface area contributed by atoms with Crippen LogP contribution in [0.1, 0.15) is 20.2 Å². The highest BCUT2D eigenvalue weighted by molar-refractivity contribution is 7.13. The third-order valence-electron chi connectivity index (χ3n) is 1.96. The number of rotatable bonds is 3. The van der Waals surface area contributed by atoms with E-state index in [-0.39, 0.29) is 5.82 Å². The summed E-state index contributed by atoms with van der Waals surface area (Å²) in [5.74, 6) is -0.244. The number of aromatic nitrogens is 1. The van der Waals surface area contributed by atoms with Crippen LogP contribution in [0.15, 0.2) is 30.5 Å². The lowest BCUT2D eigenvalue weighted by atomic mass is 10.2. The molecule has 0 aliphatic rings. The largest absolute Gasteiger partial charge is 0.297 e. The van der Waals surface area contributed by atoms with Crippen LogP contribution in [0.25, 0.3) is 0 Å². The molecule has 0 radical (unpaired) electrons. The van der Waals surface area contributed by atoms with Gasteiger partial charge in [0.25, 0.3) is 0 Å². The van der Waals surface area contributed by atoms with E-state index in [1.54, 1.807) is 18.3 Å². The van der Waals surface area contributed by atoms with Gasteiger partial charge < -0.3 is 0 Å². The van der Waals surface area contributed by atoms with Gasteiger partial charge in [0.05, 0.1) is 9.88 Å². The predicted octanol–water partition coefficient (Wildman–Crippen LogP) is 2.69. The monoisotopic (exact) mass is 221 g/mol. The molecule has 4 heteroatoms. The molecule has 0 atom stereocenters. The Morgan fingerprint density at radius 1 is 1.33 bits per heavy atom. The van der Waals surface area contributed by atoms with Crippen molar-refractivity contribution in [3.05, 3.63) is 51.7 Å². The fourth-order valence-corrected chi connectivity index (χ4v) is 2.01. The van der Waals surface area contributed by atoms with Crippen LogP contribution in [-0.4, -0.2) is 11.3 Å². The molecular formula is C11H8FNOS. The Hall–Kier alpha value is -1.55. The van der Waals surface area contributed by atoms with Gasteiger partial charge in [-0.15, -0.1) is 11.3 Å². The lowest BCUT2D eigenvalue weighted by molar-refractivity contribution is 0.112. The van der Waals surface area contributed by atoms with E-state index >= 15 is 0 Å². The molecule has 0 aliphatic carbocycles. The minimum atomic E-state index is -0.244. The second-order valence-electron chi connectivity index (χ2n) is 3.08. The van der Waals surface area contributed by atoms with Gasteiger partial charge in [-0.05, 0) is 17.7 Å². The van der Waals surface area contributed by atoms with Gasteiger partial charge >= 0.3 is 0 Å². The van der Waals surface area contributed by atoms with Gasteiger partial charge in [0, 0.05) is 12.6 Å². The average Bonchev–Trinajstić information content (AvgIpc) is 2.69. The van der Waals surface area contributed by atoms with Gasteiger partial charge in [0.1, 0.15) is 5.82 Å². The van der Waals surface area contributed by atoms with Crippen LogP contribution < -0.4 is 0 Å². The quantitative estimate of drug-likeness (QED) is 0.746. The first-order valence-corrected chi connectivity index (χ1v) is 5.24. The molecule has 0 amide bonds. The van der Waals surface area contributed by atoms with E-state index in [0.717, 1.165) is 16.9 Å². The van der Waals surface area contributed by atoms with Gasteiger partial charge in [0.15, 0.2) is 6.29 Å². The highest BCUT2D eigenvalue weighted by Gasteiger charge is 2.02. The van der Waals surface area contributed by atoms with E-state index < -0.39 is 0 Å². The van der Waals surface area contributed by atoms with E-state index in [2.05, 4.69) is 4.98 Å². The third-order valence-corrected chi connectivity index (χ3v) is 2.88. The van der Waals surface area contributed by atoms with E-state index in [9.17, 15) is 9.18 Å². The molecular weight excluding hydrogens is 213 g/mol. The Bertz CT molecular complexity index is 464. The Balaban J connectivity index is 2.14. The van der Waals surface area contributed by atoms with Gasteiger partial charge in [-0.3, -0.25) is 4.79 Å². The summed E-state index contributed by atoms with van der Waals surface area (Å²) < 4.78 is 12.6. The lowest BCUT2D eigenvalue weighted by Crippen LogP contribution is -1.86. The standard InChI is InChI=1S/C11H8FNOS/c12-9-3-1-8(2-4-9)5-11-13-6-10(7-14)15-11/h1-4,6-7H,5H2. The first-order valence-electron chi connectivity index (χ1n) is 4.42. The molecule has 15 heavy (non-hydrogen) atoms. The Morgan fingerprint density at radius 3 is 2.67 bits per heavy atom. The van der Waals surface area contributed by atoms with Crippen LogP contribution in [0.2, 0.25) is 0 Å². The molecule has 0 fully saturated rings. The molecule has 0 bridgehead atoms. The summed E-state index contributed by atoms with van der Waals surface area (Å²) in [7, 11) is 0. The third kappa shape index (κ3) is 2.47. The molecule has 76 valence electrons. The zero-order valence-corrected chi connectivity index (χ0v) is 8.63. The number of thiazole rings is 1. The van der Waals surface area contributed by atoms with Crippen molar-refractivity contribution in [1.29, 1.82) is 0 Å². The fraction of sp³-hybridized carbons (Fsp3) is 0.0909. The molecule has 0 saturated carbocycles. The highest BCUT2D eigenvalue weighted by atomic mass is 32.1. The summed E-state index contributed by atoms with van der Waals surface area (Å²) in [4.78, 5) is 15.2. The zero-order chi connectivity index (χ0) is 10.7. The van der Waals surface area contributed by atoms with Crippen molar-refractivity contribution in [1.82, 2.24) is 4.98 Å². The fourth-order valence-electron chi connectivity index (χ4n) is 1.24. The normalized spacial score (nSPS) is 10.2. The van der Waals surface area contributed by atoms with Gasteiger partial charge in [-0.25, -0.2) is 9.37 Å². The molecule has 0 N–H and O–H groups in total. The Labute approximate surface area is 90.4 Å². The van der Waals surface area contributed by atoms with Gasteiger partial charge in [-0.2, -0.15) is 0 Å². The Kier molecular flexibility index (Phi) is 2.87. The second kappa shape index (κ2) is 4.31. The SMILES string of the molecule is O=Cc1cnc(Cc2ccc(F)cc2)s1. The summed E-state index contributed by atoms with van der Waals surface area (Å²) in [6.45, 7) is 0. The van der Waals surface area contributed by atoms with Crippen molar-refractivity contribution in [3.63, 3.8) is 0 Å². The molecule has 0 unspecified atom stereocenters. The van der Waals surface area contributed by atoms with Gasteiger partial charge in [0.2, 0.25) is 0 Å². The molecule has 1 heterocycles. The summed E-state index contributed by atoms with van der Waals surface area (Å²) >= 11 is 1.36. The molecule has 2 rings (SSSR count). The number of benzene rings is 1. The van der Waals surface area contributed by atoms with Crippen LogP contribution in [0, 0.1) is 5.82 Å². The molecule has 2 nitrogen and oxygen atoms in total. The molecule has 0 saturated heterocycles. The maximum Gasteiger partial charge on any atom is 0.161 e. The predicted molar refractivity (Wildman–Crippen MR) is 56.7 cm³/mol. The Morgan fingerprint density at radius 2 is 2.07 bits per heavy atom. The summed E-state index contributed by atoms with van der Waals surface area (Å²) in [6.07, 6.45) is 2.97. The molecule has 0 spiro atoms. The van der Waals surface area contributed by atoms with Crippen molar-refractivity contribution in [2.24, 2.45) is 0 Å². The second-order valence-corrected chi connectivity index (χ2v) is 4.22. The number of carbonyl (C=O) groups is 1. The number of hydrogen-bond acceptors (Lipinski definition) is 3. The first-order chi connectivity index (χ1) is 7.28. The minimum absolute atomic E-state index is 0.244. The highest BCUT2D eigenvalue weighted by Crippen LogP contribution is 2.15. The number of halogens is 1. The maximum atomic E-state index is 12.6. The van der Waals surface area contributed by atoms with Crippen LogP contribution in [0.4, 0.5) is 4.39 Å². The summed E-state index contributed by atoms with van der Waals surface area (Å²) in [6, 6.07) is 6.28. The maximum absolute atomic E-state index is 12.6. The van der Waals surface area contributed by atoms with E-state index in [1.165, 1.54) is 23.5 Å². The van der Waals surface area contributed by atoms with Crippen LogP contribution in [0.5, 0.6) is 0 Å². The van der Waals surface area contributed by atoms with E-state index in [0.29, 0.717) is 11.3 Å². The minimum Gasteiger partial charge on any atom is -0.297 e. The topological polar surface area (TPSA) is 30.0 Å². The van der Waals surface area contributed by atoms with Crippen LogP contribution in [-0.2, 0) is 6.42 Å².